The van der Waals surface area contributed by atoms with Crippen LogP contribution in [0.25, 0.3) is 22.4 Å². The monoisotopic (exact) mass is 423 g/mol. The predicted octanol–water partition coefficient (Wildman–Crippen LogP) is 2.07. The van der Waals surface area contributed by atoms with Crippen molar-refractivity contribution < 1.29 is 13.6 Å². The van der Waals surface area contributed by atoms with Crippen molar-refractivity contribution >= 4 is 22.6 Å². The molecule has 0 aliphatic rings. The zero-order chi connectivity index (χ0) is 22.1. The van der Waals surface area contributed by atoms with E-state index < -0.39 is 35.3 Å². The molecule has 2 heterocycles. The van der Waals surface area contributed by atoms with Crippen LogP contribution in [0.1, 0.15) is 0 Å². The summed E-state index contributed by atoms with van der Waals surface area (Å²) in [5.41, 5.74) is -0.975. The summed E-state index contributed by atoms with van der Waals surface area (Å²) in [6.07, 6.45) is 1.29. The van der Waals surface area contributed by atoms with Crippen LogP contribution in [-0.4, -0.2) is 25.0 Å². The number of halogens is 2. The van der Waals surface area contributed by atoms with Crippen LogP contribution in [0.5, 0.6) is 0 Å². The highest BCUT2D eigenvalue weighted by Gasteiger charge is 2.17. The minimum absolute atomic E-state index is 0.0440. The maximum atomic E-state index is 13.8. The SMILES string of the molecule is Cn1c(=O)n(CC(=O)Nc2ccc(F)cc2F)c(=O)c2cnc(-c3ccccc3)nc21. The van der Waals surface area contributed by atoms with Gasteiger partial charge in [0.25, 0.3) is 5.56 Å². The predicted molar refractivity (Wildman–Crippen MR) is 109 cm³/mol. The highest BCUT2D eigenvalue weighted by atomic mass is 19.1. The molecule has 0 saturated carbocycles. The van der Waals surface area contributed by atoms with E-state index in [1.54, 1.807) is 12.1 Å². The molecular weight excluding hydrogens is 408 g/mol. The minimum atomic E-state index is -0.978. The summed E-state index contributed by atoms with van der Waals surface area (Å²) < 4.78 is 28.6. The number of anilines is 1. The van der Waals surface area contributed by atoms with Gasteiger partial charge in [-0.2, -0.15) is 0 Å². The lowest BCUT2D eigenvalue weighted by Crippen LogP contribution is -2.42. The molecule has 0 saturated heterocycles. The number of aromatic nitrogens is 4. The average Bonchev–Trinajstić information content (AvgIpc) is 2.77. The third-order valence-corrected chi connectivity index (χ3v) is 4.62. The molecule has 10 heteroatoms. The first-order valence-electron chi connectivity index (χ1n) is 9.12. The maximum absolute atomic E-state index is 13.8. The first-order chi connectivity index (χ1) is 14.8. The molecule has 0 aliphatic carbocycles. The first kappa shape index (κ1) is 20.1. The van der Waals surface area contributed by atoms with Crippen LogP contribution in [0, 0.1) is 11.6 Å². The number of amides is 1. The van der Waals surface area contributed by atoms with Crippen LogP contribution in [0.3, 0.4) is 0 Å². The highest BCUT2D eigenvalue weighted by molar-refractivity contribution is 5.90. The number of hydrogen-bond acceptors (Lipinski definition) is 5. The van der Waals surface area contributed by atoms with Crippen molar-refractivity contribution in [2.45, 2.75) is 6.54 Å². The second kappa shape index (κ2) is 7.90. The fourth-order valence-corrected chi connectivity index (χ4v) is 3.07. The zero-order valence-electron chi connectivity index (χ0n) is 16.2. The number of benzene rings is 2. The standard InChI is InChI=1S/C21H15F2N5O3/c1-27-19-14(10-24-18(26-19)12-5-3-2-4-6-12)20(30)28(21(27)31)11-17(29)25-16-8-7-13(22)9-15(16)23/h2-10H,11H2,1H3,(H,25,29). The van der Waals surface area contributed by atoms with Gasteiger partial charge in [-0.1, -0.05) is 30.3 Å². The Labute approximate surface area is 173 Å². The lowest BCUT2D eigenvalue weighted by atomic mass is 10.2. The molecule has 0 fully saturated rings. The Morgan fingerprint density at radius 2 is 1.84 bits per heavy atom. The molecule has 0 atom stereocenters. The molecule has 4 aromatic rings. The second-order valence-corrected chi connectivity index (χ2v) is 6.70. The van der Waals surface area contributed by atoms with Crippen LogP contribution >= 0.6 is 0 Å². The van der Waals surface area contributed by atoms with Gasteiger partial charge in [-0.15, -0.1) is 0 Å². The highest BCUT2D eigenvalue weighted by Crippen LogP contribution is 2.16. The zero-order valence-corrected chi connectivity index (χ0v) is 16.2. The van der Waals surface area contributed by atoms with Gasteiger partial charge in [0.15, 0.2) is 11.5 Å². The molecule has 0 unspecified atom stereocenters. The first-order valence-corrected chi connectivity index (χ1v) is 9.12. The molecular formula is C21H15F2N5O3. The van der Waals surface area contributed by atoms with E-state index in [0.717, 1.165) is 16.7 Å². The molecule has 0 bridgehead atoms. The Morgan fingerprint density at radius 1 is 1.10 bits per heavy atom. The summed E-state index contributed by atoms with van der Waals surface area (Å²) in [6.45, 7) is -0.668. The molecule has 31 heavy (non-hydrogen) atoms. The Morgan fingerprint density at radius 3 is 2.55 bits per heavy atom. The van der Waals surface area contributed by atoms with E-state index in [-0.39, 0.29) is 16.7 Å². The molecule has 1 amide bonds. The molecule has 0 spiro atoms. The number of hydrogen-bond donors (Lipinski definition) is 1. The Hall–Kier alpha value is -4.21. The van der Waals surface area contributed by atoms with E-state index in [2.05, 4.69) is 15.3 Å². The van der Waals surface area contributed by atoms with Gasteiger partial charge in [0.2, 0.25) is 5.91 Å². The summed E-state index contributed by atoms with van der Waals surface area (Å²) in [5.74, 6) is -2.27. The molecule has 0 aliphatic heterocycles. The molecule has 1 N–H and O–H groups in total. The van der Waals surface area contributed by atoms with Gasteiger partial charge in [-0.05, 0) is 12.1 Å². The fraction of sp³-hybridized carbons (Fsp3) is 0.0952. The average molecular weight is 423 g/mol. The number of carbonyl (C=O) groups excluding carboxylic acids is 1. The lowest BCUT2D eigenvalue weighted by Gasteiger charge is -2.11. The van der Waals surface area contributed by atoms with Gasteiger partial charge in [0, 0.05) is 24.9 Å². The molecule has 2 aromatic heterocycles. The summed E-state index contributed by atoms with van der Waals surface area (Å²) in [7, 11) is 1.42. The summed E-state index contributed by atoms with van der Waals surface area (Å²) in [4.78, 5) is 46.3. The largest absolute Gasteiger partial charge is 0.332 e. The van der Waals surface area contributed by atoms with Gasteiger partial charge in [0.1, 0.15) is 23.6 Å². The Kier molecular flexibility index (Phi) is 5.12. The lowest BCUT2D eigenvalue weighted by molar-refractivity contribution is -0.116. The summed E-state index contributed by atoms with van der Waals surface area (Å²) in [6, 6.07) is 11.7. The van der Waals surface area contributed by atoms with Crippen molar-refractivity contribution in [2.75, 3.05) is 5.32 Å². The van der Waals surface area contributed by atoms with Crippen LogP contribution in [0.2, 0.25) is 0 Å². The normalized spacial score (nSPS) is 10.9. The number of nitrogens with zero attached hydrogens (tertiary/aromatic N) is 4. The number of aryl methyl sites for hydroxylation is 1. The van der Waals surface area contributed by atoms with Crippen LogP contribution in [0.15, 0.2) is 64.3 Å². The topological polar surface area (TPSA) is 98.9 Å². The van der Waals surface area contributed by atoms with Crippen LogP contribution < -0.4 is 16.6 Å². The number of nitrogens with one attached hydrogen (secondary N) is 1. The van der Waals surface area contributed by atoms with Crippen molar-refractivity contribution in [3.8, 4) is 11.4 Å². The van der Waals surface area contributed by atoms with E-state index in [0.29, 0.717) is 22.0 Å². The van der Waals surface area contributed by atoms with Gasteiger partial charge in [0.05, 0.1) is 5.69 Å². The van der Waals surface area contributed by atoms with Crippen molar-refractivity contribution in [3.05, 3.63) is 87.2 Å². The number of carbonyl (C=O) groups is 1. The van der Waals surface area contributed by atoms with E-state index >= 15 is 0 Å². The maximum Gasteiger partial charge on any atom is 0.332 e. The third kappa shape index (κ3) is 3.82. The quantitative estimate of drug-likeness (QED) is 0.542. The fourth-order valence-electron chi connectivity index (χ4n) is 3.07. The smallest absolute Gasteiger partial charge is 0.322 e. The van der Waals surface area contributed by atoms with Gasteiger partial charge < -0.3 is 5.32 Å². The third-order valence-electron chi connectivity index (χ3n) is 4.62. The number of rotatable bonds is 4. The molecule has 156 valence electrons. The summed E-state index contributed by atoms with van der Waals surface area (Å²) in [5, 5.41) is 2.26. The Balaban J connectivity index is 1.71. The minimum Gasteiger partial charge on any atom is -0.322 e. The van der Waals surface area contributed by atoms with Crippen molar-refractivity contribution in [3.63, 3.8) is 0 Å². The van der Waals surface area contributed by atoms with E-state index in [1.165, 1.54) is 13.2 Å². The van der Waals surface area contributed by atoms with E-state index in [4.69, 9.17) is 0 Å². The molecule has 4 rings (SSSR count). The van der Waals surface area contributed by atoms with E-state index in [1.807, 2.05) is 18.2 Å². The van der Waals surface area contributed by atoms with Gasteiger partial charge in [-0.3, -0.25) is 18.7 Å². The van der Waals surface area contributed by atoms with Gasteiger partial charge >= 0.3 is 5.69 Å². The van der Waals surface area contributed by atoms with Crippen molar-refractivity contribution in [2.24, 2.45) is 7.05 Å². The van der Waals surface area contributed by atoms with E-state index in [9.17, 15) is 23.2 Å². The van der Waals surface area contributed by atoms with Crippen LogP contribution in [-0.2, 0) is 18.4 Å². The second-order valence-electron chi connectivity index (χ2n) is 6.70. The van der Waals surface area contributed by atoms with Crippen LogP contribution in [0.4, 0.5) is 14.5 Å². The van der Waals surface area contributed by atoms with Crippen molar-refractivity contribution in [1.29, 1.82) is 0 Å². The Bertz CT molecular complexity index is 1430. The molecule has 2 aromatic carbocycles. The number of fused-ring (bicyclic) bond motifs is 1. The molecule has 8 nitrogen and oxygen atoms in total. The molecule has 0 radical (unpaired) electrons. The summed E-state index contributed by atoms with van der Waals surface area (Å²) >= 11 is 0. The van der Waals surface area contributed by atoms with Gasteiger partial charge in [-0.25, -0.2) is 23.5 Å². The van der Waals surface area contributed by atoms with Crippen molar-refractivity contribution in [1.82, 2.24) is 19.1 Å².